The maximum Gasteiger partial charge on any atom is 0.416 e. The number of rotatable bonds is 5. The topological polar surface area (TPSA) is 64.4 Å². The van der Waals surface area contributed by atoms with Gasteiger partial charge in [0.2, 0.25) is 0 Å². The number of benzene rings is 2. The van der Waals surface area contributed by atoms with Crippen LogP contribution in [0.15, 0.2) is 53.1 Å². The van der Waals surface area contributed by atoms with Gasteiger partial charge in [0, 0.05) is 5.69 Å². The largest absolute Gasteiger partial charge is 0.487 e. The van der Waals surface area contributed by atoms with Gasteiger partial charge < -0.3 is 14.6 Å². The molecule has 28 heavy (non-hydrogen) atoms. The zero-order chi connectivity index (χ0) is 20.3. The zero-order valence-corrected chi connectivity index (χ0v) is 15.3. The molecule has 1 aromatic heterocycles. The molecule has 9 heteroatoms. The molecule has 0 spiro atoms. The van der Waals surface area contributed by atoms with Crippen LogP contribution in [-0.2, 0) is 12.8 Å². The van der Waals surface area contributed by atoms with Gasteiger partial charge >= 0.3 is 6.18 Å². The van der Waals surface area contributed by atoms with E-state index in [1.165, 1.54) is 0 Å². The highest BCUT2D eigenvalue weighted by molar-refractivity contribution is 6.32. The molecule has 1 heterocycles. The van der Waals surface area contributed by atoms with Gasteiger partial charge in [0.05, 0.1) is 16.1 Å². The Balaban J connectivity index is 1.73. The van der Waals surface area contributed by atoms with E-state index < -0.39 is 17.6 Å². The van der Waals surface area contributed by atoms with Crippen molar-refractivity contribution in [3.05, 3.63) is 76.1 Å². The number of alkyl halides is 3. The third kappa shape index (κ3) is 4.45. The number of hydrogen-bond donors (Lipinski definition) is 1. The summed E-state index contributed by atoms with van der Waals surface area (Å²) in [5.41, 5.74) is -0.234. The highest BCUT2D eigenvalue weighted by Crippen LogP contribution is 2.30. The number of nitrogens with one attached hydrogen (secondary N) is 1. The molecule has 0 saturated carbocycles. The standard InChI is InChI=1S/C19H14ClF3N2O3/c1-11-14(10-27-16-5-3-2-4-15(16)20)17(25-28-11)18(26)24-13-8-6-12(7-9-13)19(21,22)23/h2-9H,10H2,1H3,(H,24,26). The van der Waals surface area contributed by atoms with Gasteiger partial charge in [-0.25, -0.2) is 0 Å². The summed E-state index contributed by atoms with van der Waals surface area (Å²) in [7, 11) is 0. The van der Waals surface area contributed by atoms with Crippen LogP contribution in [0.1, 0.15) is 27.4 Å². The van der Waals surface area contributed by atoms with E-state index in [1.54, 1.807) is 31.2 Å². The first-order valence-corrected chi connectivity index (χ1v) is 8.44. The Hall–Kier alpha value is -3.00. The van der Waals surface area contributed by atoms with E-state index in [0.717, 1.165) is 24.3 Å². The van der Waals surface area contributed by atoms with Gasteiger partial charge in [-0.3, -0.25) is 4.79 Å². The molecule has 0 unspecified atom stereocenters. The molecule has 0 aliphatic heterocycles. The Bertz CT molecular complexity index is 985. The van der Waals surface area contributed by atoms with E-state index in [9.17, 15) is 18.0 Å². The second kappa shape index (κ2) is 7.93. The molecule has 1 N–H and O–H groups in total. The molecule has 5 nitrogen and oxygen atoms in total. The lowest BCUT2D eigenvalue weighted by Crippen LogP contribution is -2.15. The van der Waals surface area contributed by atoms with Crippen molar-refractivity contribution in [2.24, 2.45) is 0 Å². The fraction of sp³-hybridized carbons (Fsp3) is 0.158. The zero-order valence-electron chi connectivity index (χ0n) is 14.5. The molecule has 2 aromatic carbocycles. The third-order valence-electron chi connectivity index (χ3n) is 3.88. The highest BCUT2D eigenvalue weighted by atomic mass is 35.5. The number of anilines is 1. The molecule has 0 aliphatic rings. The van der Waals surface area contributed by atoms with Crippen LogP contribution in [0.5, 0.6) is 5.75 Å². The first-order valence-electron chi connectivity index (χ1n) is 8.07. The number of halogens is 4. The first-order chi connectivity index (χ1) is 13.3. The van der Waals surface area contributed by atoms with Crippen LogP contribution in [0, 0.1) is 6.92 Å². The maximum atomic E-state index is 12.6. The predicted molar refractivity (Wildman–Crippen MR) is 96.4 cm³/mol. The highest BCUT2D eigenvalue weighted by Gasteiger charge is 2.30. The molecule has 0 atom stereocenters. The molecule has 1 amide bonds. The summed E-state index contributed by atoms with van der Waals surface area (Å²) in [6.07, 6.45) is -4.45. The Morgan fingerprint density at radius 2 is 1.86 bits per heavy atom. The van der Waals surface area contributed by atoms with Crippen LogP contribution in [0.25, 0.3) is 0 Å². The van der Waals surface area contributed by atoms with E-state index in [0.29, 0.717) is 22.1 Å². The summed E-state index contributed by atoms with van der Waals surface area (Å²) in [6.45, 7) is 1.60. The summed E-state index contributed by atoms with van der Waals surface area (Å²) in [5, 5.41) is 6.62. The monoisotopic (exact) mass is 410 g/mol. The summed E-state index contributed by atoms with van der Waals surface area (Å²) >= 11 is 6.04. The molecule has 0 aliphatic carbocycles. The number of amides is 1. The second-order valence-electron chi connectivity index (χ2n) is 5.81. The quantitative estimate of drug-likeness (QED) is 0.604. The van der Waals surface area contributed by atoms with E-state index in [-0.39, 0.29) is 18.0 Å². The van der Waals surface area contributed by atoms with Gasteiger partial charge in [0.1, 0.15) is 18.1 Å². The van der Waals surface area contributed by atoms with Crippen LogP contribution >= 0.6 is 11.6 Å². The summed E-state index contributed by atoms with van der Waals surface area (Å²) in [6, 6.07) is 10.9. The van der Waals surface area contributed by atoms with Gasteiger partial charge in [-0.1, -0.05) is 28.9 Å². The molecule has 0 bridgehead atoms. The fourth-order valence-corrected chi connectivity index (χ4v) is 2.57. The minimum atomic E-state index is -4.45. The van der Waals surface area contributed by atoms with Crippen molar-refractivity contribution in [1.82, 2.24) is 5.16 Å². The van der Waals surface area contributed by atoms with Crippen molar-refractivity contribution in [2.75, 3.05) is 5.32 Å². The number of para-hydroxylation sites is 1. The van der Waals surface area contributed by atoms with Gasteiger partial charge in [-0.05, 0) is 43.3 Å². The van der Waals surface area contributed by atoms with Crippen molar-refractivity contribution >= 4 is 23.2 Å². The maximum absolute atomic E-state index is 12.6. The third-order valence-corrected chi connectivity index (χ3v) is 4.19. The Kier molecular flexibility index (Phi) is 5.60. The van der Waals surface area contributed by atoms with Gasteiger partial charge in [-0.2, -0.15) is 13.2 Å². The van der Waals surface area contributed by atoms with Crippen LogP contribution in [0.2, 0.25) is 5.02 Å². The molecule has 0 fully saturated rings. The van der Waals surface area contributed by atoms with Crippen molar-refractivity contribution in [3.8, 4) is 5.75 Å². The molecular formula is C19H14ClF3N2O3. The molecular weight excluding hydrogens is 397 g/mol. The number of nitrogens with zero attached hydrogens (tertiary/aromatic N) is 1. The van der Waals surface area contributed by atoms with Crippen molar-refractivity contribution in [2.45, 2.75) is 19.7 Å². The second-order valence-corrected chi connectivity index (χ2v) is 6.22. The number of ether oxygens (including phenoxy) is 1. The van der Waals surface area contributed by atoms with Crippen molar-refractivity contribution < 1.29 is 27.2 Å². The van der Waals surface area contributed by atoms with Gasteiger partial charge in [0.15, 0.2) is 5.69 Å². The molecule has 0 radical (unpaired) electrons. The van der Waals surface area contributed by atoms with Gasteiger partial charge in [0.25, 0.3) is 5.91 Å². The minimum Gasteiger partial charge on any atom is -0.487 e. The first kappa shape index (κ1) is 19.8. The summed E-state index contributed by atoms with van der Waals surface area (Å²) in [5.74, 6) is 0.179. The SMILES string of the molecule is Cc1onc(C(=O)Nc2ccc(C(F)(F)F)cc2)c1COc1ccccc1Cl. The Morgan fingerprint density at radius 1 is 1.18 bits per heavy atom. The van der Waals surface area contributed by atoms with E-state index in [1.807, 2.05) is 0 Å². The lowest BCUT2D eigenvalue weighted by Gasteiger charge is -2.09. The number of aromatic nitrogens is 1. The lowest BCUT2D eigenvalue weighted by molar-refractivity contribution is -0.137. The average molecular weight is 411 g/mol. The van der Waals surface area contributed by atoms with Crippen LogP contribution in [0.3, 0.4) is 0 Å². The number of carbonyl (C=O) groups is 1. The van der Waals surface area contributed by atoms with Crippen molar-refractivity contribution in [1.29, 1.82) is 0 Å². The predicted octanol–water partition coefficient (Wildman–Crippen LogP) is 5.49. The van der Waals surface area contributed by atoms with Crippen LogP contribution in [-0.4, -0.2) is 11.1 Å². The summed E-state index contributed by atoms with van der Waals surface area (Å²) in [4.78, 5) is 12.5. The lowest BCUT2D eigenvalue weighted by atomic mass is 10.1. The van der Waals surface area contributed by atoms with Crippen molar-refractivity contribution in [3.63, 3.8) is 0 Å². The summed E-state index contributed by atoms with van der Waals surface area (Å²) < 4.78 is 48.6. The van der Waals surface area contributed by atoms with Crippen LogP contribution < -0.4 is 10.1 Å². The van der Waals surface area contributed by atoms with E-state index in [4.69, 9.17) is 20.9 Å². The number of aryl methyl sites for hydroxylation is 1. The number of carbonyl (C=O) groups excluding carboxylic acids is 1. The Labute approximate surface area is 163 Å². The fourth-order valence-electron chi connectivity index (χ4n) is 2.38. The molecule has 0 saturated heterocycles. The molecule has 3 aromatic rings. The smallest absolute Gasteiger partial charge is 0.416 e. The minimum absolute atomic E-state index is 0.0190. The van der Waals surface area contributed by atoms with Crippen LogP contribution in [0.4, 0.5) is 18.9 Å². The van der Waals surface area contributed by atoms with E-state index in [2.05, 4.69) is 10.5 Å². The molecule has 3 rings (SSSR count). The normalized spacial score (nSPS) is 11.3. The Morgan fingerprint density at radius 3 is 2.50 bits per heavy atom. The van der Waals surface area contributed by atoms with Gasteiger partial charge in [-0.15, -0.1) is 0 Å². The number of hydrogen-bond acceptors (Lipinski definition) is 4. The average Bonchev–Trinajstić information content (AvgIpc) is 3.01. The van der Waals surface area contributed by atoms with E-state index >= 15 is 0 Å². The molecule has 146 valence electrons.